The average molecular weight is 312 g/mol. The number of hydrogen-bond donors (Lipinski definition) is 2. The zero-order chi connectivity index (χ0) is 16.9. The van der Waals surface area contributed by atoms with E-state index in [0.717, 1.165) is 5.57 Å². The summed E-state index contributed by atoms with van der Waals surface area (Å²) in [6.07, 6.45) is 1.58. The average Bonchev–Trinajstić information content (AvgIpc) is 2.84. The number of aliphatic hydroxyl groups excluding tert-OH is 1. The zero-order valence-electron chi connectivity index (χ0n) is 13.5. The quantitative estimate of drug-likeness (QED) is 0.549. The SMILES string of the molecule is COC(=O)[C@@H](CC=C(C)C)NC(=O)[C@@H]1C[C@@H](O)CN1C(C)=O. The molecule has 1 heterocycles. The fourth-order valence-electron chi connectivity index (χ4n) is 2.39. The lowest BCUT2D eigenvalue weighted by Crippen LogP contribution is -2.50. The van der Waals surface area contributed by atoms with Crippen LogP contribution in [0.25, 0.3) is 0 Å². The largest absolute Gasteiger partial charge is 0.467 e. The number of rotatable bonds is 5. The molecule has 0 aromatic carbocycles. The lowest BCUT2D eigenvalue weighted by Gasteiger charge is -2.24. The Kier molecular flexibility index (Phi) is 6.55. The van der Waals surface area contributed by atoms with E-state index in [4.69, 9.17) is 4.74 Å². The maximum Gasteiger partial charge on any atom is 0.328 e. The minimum atomic E-state index is -0.807. The Hall–Kier alpha value is -1.89. The number of nitrogens with one attached hydrogen (secondary N) is 1. The van der Waals surface area contributed by atoms with Crippen LogP contribution in [0.1, 0.15) is 33.6 Å². The number of amides is 2. The molecular formula is C15H24N2O5. The van der Waals surface area contributed by atoms with Gasteiger partial charge >= 0.3 is 5.97 Å². The van der Waals surface area contributed by atoms with Crippen LogP contribution < -0.4 is 5.32 Å². The van der Waals surface area contributed by atoms with Gasteiger partial charge in [0.2, 0.25) is 11.8 Å². The molecule has 1 rings (SSSR count). The number of allylic oxidation sites excluding steroid dienone is 1. The molecular weight excluding hydrogens is 288 g/mol. The van der Waals surface area contributed by atoms with E-state index in [9.17, 15) is 19.5 Å². The maximum absolute atomic E-state index is 12.3. The number of esters is 1. The van der Waals surface area contributed by atoms with Crippen LogP contribution in [0.2, 0.25) is 0 Å². The minimum absolute atomic E-state index is 0.129. The Morgan fingerprint density at radius 1 is 1.36 bits per heavy atom. The molecule has 1 saturated heterocycles. The van der Waals surface area contributed by atoms with Crippen molar-refractivity contribution in [2.24, 2.45) is 0 Å². The van der Waals surface area contributed by atoms with E-state index < -0.39 is 30.1 Å². The fraction of sp³-hybridized carbons (Fsp3) is 0.667. The molecule has 3 atom stereocenters. The summed E-state index contributed by atoms with van der Waals surface area (Å²) in [5.74, 6) is -1.28. The van der Waals surface area contributed by atoms with Crippen molar-refractivity contribution in [3.05, 3.63) is 11.6 Å². The van der Waals surface area contributed by atoms with E-state index in [1.54, 1.807) is 0 Å². The molecule has 0 saturated carbocycles. The van der Waals surface area contributed by atoms with Crippen LogP contribution in [0.3, 0.4) is 0 Å². The van der Waals surface area contributed by atoms with Gasteiger partial charge < -0.3 is 20.1 Å². The lowest BCUT2D eigenvalue weighted by molar-refractivity contribution is -0.146. The van der Waals surface area contributed by atoms with E-state index in [-0.39, 0.29) is 18.9 Å². The first kappa shape index (κ1) is 18.2. The Labute approximate surface area is 130 Å². The third-order valence-corrected chi connectivity index (χ3v) is 3.55. The molecule has 2 amide bonds. The summed E-state index contributed by atoms with van der Waals surface area (Å²) in [6, 6.07) is -1.56. The third kappa shape index (κ3) is 4.84. The highest BCUT2D eigenvalue weighted by atomic mass is 16.5. The molecule has 0 bridgehead atoms. The van der Waals surface area contributed by atoms with E-state index in [1.165, 1.54) is 18.9 Å². The summed E-state index contributed by atoms with van der Waals surface area (Å²) >= 11 is 0. The Morgan fingerprint density at radius 2 is 2.00 bits per heavy atom. The molecule has 1 fully saturated rings. The summed E-state index contributed by atoms with van der Waals surface area (Å²) < 4.78 is 4.69. The summed E-state index contributed by atoms with van der Waals surface area (Å²) in [6.45, 7) is 5.26. The zero-order valence-corrected chi connectivity index (χ0v) is 13.5. The molecule has 124 valence electrons. The third-order valence-electron chi connectivity index (χ3n) is 3.55. The number of carbonyl (C=O) groups is 3. The van der Waals surface area contributed by atoms with Gasteiger partial charge in [0.15, 0.2) is 0 Å². The van der Waals surface area contributed by atoms with Gasteiger partial charge in [-0.05, 0) is 20.3 Å². The molecule has 0 radical (unpaired) electrons. The molecule has 0 unspecified atom stereocenters. The number of methoxy groups -OCH3 is 1. The van der Waals surface area contributed by atoms with Gasteiger partial charge in [-0.3, -0.25) is 9.59 Å². The second-order valence-corrected chi connectivity index (χ2v) is 5.68. The fourth-order valence-corrected chi connectivity index (χ4v) is 2.39. The Morgan fingerprint density at radius 3 is 2.50 bits per heavy atom. The van der Waals surface area contributed by atoms with Gasteiger partial charge in [-0.15, -0.1) is 0 Å². The summed E-state index contributed by atoms with van der Waals surface area (Å²) in [4.78, 5) is 36.9. The Bertz CT molecular complexity index is 471. The van der Waals surface area contributed by atoms with Crippen LogP contribution in [0, 0.1) is 0 Å². The topological polar surface area (TPSA) is 95.9 Å². The molecule has 7 nitrogen and oxygen atoms in total. The molecule has 7 heteroatoms. The Balaban J connectivity index is 2.79. The molecule has 1 aliphatic heterocycles. The minimum Gasteiger partial charge on any atom is -0.467 e. The summed E-state index contributed by atoms with van der Waals surface area (Å²) in [7, 11) is 1.26. The molecule has 0 aromatic rings. The normalized spacial score (nSPS) is 22.0. The number of carbonyl (C=O) groups excluding carboxylic acids is 3. The number of nitrogens with zero attached hydrogens (tertiary/aromatic N) is 1. The van der Waals surface area contributed by atoms with Crippen LogP contribution in [0.15, 0.2) is 11.6 Å². The van der Waals surface area contributed by atoms with Crippen molar-refractivity contribution < 1.29 is 24.2 Å². The van der Waals surface area contributed by atoms with Crippen molar-refractivity contribution in [2.75, 3.05) is 13.7 Å². The highest BCUT2D eigenvalue weighted by Gasteiger charge is 2.38. The molecule has 22 heavy (non-hydrogen) atoms. The highest BCUT2D eigenvalue weighted by molar-refractivity contribution is 5.90. The van der Waals surface area contributed by atoms with Crippen LogP contribution in [0.5, 0.6) is 0 Å². The van der Waals surface area contributed by atoms with Gasteiger partial charge in [-0.25, -0.2) is 4.79 Å². The molecule has 0 aliphatic carbocycles. The van der Waals surface area contributed by atoms with Gasteiger partial charge in [-0.2, -0.15) is 0 Å². The van der Waals surface area contributed by atoms with Crippen molar-refractivity contribution >= 4 is 17.8 Å². The van der Waals surface area contributed by atoms with Crippen molar-refractivity contribution in [3.8, 4) is 0 Å². The number of aliphatic hydroxyl groups is 1. The molecule has 0 aromatic heterocycles. The van der Waals surface area contributed by atoms with Crippen LogP contribution in [-0.2, 0) is 19.1 Å². The lowest BCUT2D eigenvalue weighted by atomic mass is 10.1. The van der Waals surface area contributed by atoms with Gasteiger partial charge in [0.1, 0.15) is 12.1 Å². The van der Waals surface area contributed by atoms with E-state index in [2.05, 4.69) is 5.32 Å². The highest BCUT2D eigenvalue weighted by Crippen LogP contribution is 2.18. The smallest absolute Gasteiger partial charge is 0.328 e. The van der Waals surface area contributed by atoms with E-state index >= 15 is 0 Å². The maximum atomic E-state index is 12.3. The second-order valence-electron chi connectivity index (χ2n) is 5.68. The number of β-amino-alcohol motifs (C(OH)–C–C–N with tert-alkyl or cyclic N) is 1. The van der Waals surface area contributed by atoms with Crippen molar-refractivity contribution in [1.82, 2.24) is 10.2 Å². The van der Waals surface area contributed by atoms with Gasteiger partial charge in [0.25, 0.3) is 0 Å². The second kappa shape index (κ2) is 7.93. The van der Waals surface area contributed by atoms with Gasteiger partial charge in [0, 0.05) is 19.9 Å². The molecule has 2 N–H and O–H groups in total. The van der Waals surface area contributed by atoms with Gasteiger partial charge in [0.05, 0.1) is 13.2 Å². The van der Waals surface area contributed by atoms with Crippen molar-refractivity contribution in [3.63, 3.8) is 0 Å². The van der Waals surface area contributed by atoms with Crippen LogP contribution >= 0.6 is 0 Å². The van der Waals surface area contributed by atoms with E-state index in [0.29, 0.717) is 6.42 Å². The van der Waals surface area contributed by atoms with Crippen LogP contribution in [-0.4, -0.2) is 59.6 Å². The van der Waals surface area contributed by atoms with Crippen molar-refractivity contribution in [2.45, 2.75) is 51.8 Å². The first-order valence-corrected chi connectivity index (χ1v) is 7.23. The van der Waals surface area contributed by atoms with Crippen LogP contribution in [0.4, 0.5) is 0 Å². The standard InChI is InChI=1S/C15H24N2O5/c1-9(2)5-6-12(15(21)22-4)16-14(20)13-7-11(19)8-17(13)10(3)18/h5,11-13,19H,6-8H2,1-4H3,(H,16,20)/t11-,12-,13+/m1/s1. The summed E-state index contributed by atoms with van der Waals surface area (Å²) in [5.41, 5.74) is 1.02. The number of hydrogen-bond acceptors (Lipinski definition) is 5. The van der Waals surface area contributed by atoms with E-state index in [1.807, 2.05) is 19.9 Å². The van der Waals surface area contributed by atoms with Gasteiger partial charge in [-0.1, -0.05) is 11.6 Å². The monoisotopic (exact) mass is 312 g/mol. The predicted octanol–water partition coefficient (Wildman–Crippen LogP) is -0.0178. The summed E-state index contributed by atoms with van der Waals surface area (Å²) in [5, 5.41) is 12.3. The number of likely N-dealkylation sites (tertiary alicyclic amines) is 1. The first-order valence-electron chi connectivity index (χ1n) is 7.23. The predicted molar refractivity (Wildman–Crippen MR) is 79.8 cm³/mol. The molecule has 1 aliphatic rings. The van der Waals surface area contributed by atoms with Crippen molar-refractivity contribution in [1.29, 1.82) is 0 Å². The number of ether oxygens (including phenoxy) is 1. The molecule has 0 spiro atoms. The first-order chi connectivity index (χ1) is 10.3.